The lowest BCUT2D eigenvalue weighted by Gasteiger charge is -2.40. The van der Waals surface area contributed by atoms with E-state index in [-0.39, 0.29) is 11.3 Å². The van der Waals surface area contributed by atoms with Gasteiger partial charge in [-0.05, 0) is 54.8 Å². The summed E-state index contributed by atoms with van der Waals surface area (Å²) >= 11 is 5.76. The first kappa shape index (κ1) is 22.4. The van der Waals surface area contributed by atoms with Crippen LogP contribution in [0.5, 0.6) is 5.75 Å². The van der Waals surface area contributed by atoms with E-state index < -0.39 is 40.6 Å². The van der Waals surface area contributed by atoms with Crippen LogP contribution in [0.25, 0.3) is 0 Å². The molecule has 2 aromatic carbocycles. The number of carbonyl (C=O) groups is 1. The molecular weight excluding hydrogens is 426 g/mol. The normalized spacial score (nSPS) is 18.8. The average molecular weight is 446 g/mol. The van der Waals surface area contributed by atoms with E-state index in [1.54, 1.807) is 4.90 Å². The summed E-state index contributed by atoms with van der Waals surface area (Å²) in [4.78, 5) is 13.5. The van der Waals surface area contributed by atoms with Crippen LogP contribution in [-0.4, -0.2) is 35.7 Å². The molecule has 1 aliphatic rings. The van der Waals surface area contributed by atoms with Crippen molar-refractivity contribution in [1.82, 2.24) is 4.90 Å². The molecule has 162 valence electrons. The fraction of sp³-hybridized carbons (Fsp3) is 0.381. The quantitative estimate of drug-likeness (QED) is 0.614. The van der Waals surface area contributed by atoms with E-state index in [4.69, 9.17) is 16.3 Å². The Morgan fingerprint density at radius 2 is 1.87 bits per heavy atom. The first-order chi connectivity index (χ1) is 14.1. The fourth-order valence-corrected chi connectivity index (χ4v) is 4.11. The van der Waals surface area contributed by atoms with Gasteiger partial charge in [0.25, 0.3) is 0 Å². The number of carboxylic acid groups (broad SMARTS) is 1. The van der Waals surface area contributed by atoms with Crippen LogP contribution in [0.15, 0.2) is 36.4 Å². The summed E-state index contributed by atoms with van der Waals surface area (Å²) in [5.74, 6) is -1.77. The Morgan fingerprint density at radius 1 is 1.20 bits per heavy atom. The van der Waals surface area contributed by atoms with Crippen molar-refractivity contribution in [3.05, 3.63) is 63.9 Å². The smallest absolute Gasteiger partial charge is 0.417 e. The summed E-state index contributed by atoms with van der Waals surface area (Å²) in [6.45, 7) is 0.346. The maximum absolute atomic E-state index is 14.4. The standard InChI is InChI=1S/C21H20ClF4NO3/c1-30-18-8-6-13(11-16(18)23)19(27-9-3-2-4-17(27)20(28)29)12-5-7-15(22)14(10-12)21(24,25)26/h5-8,10-11,17,19H,2-4,9H2,1H3,(H,28,29). The zero-order valence-electron chi connectivity index (χ0n) is 16.0. The first-order valence-corrected chi connectivity index (χ1v) is 9.70. The van der Waals surface area contributed by atoms with Gasteiger partial charge in [-0.15, -0.1) is 0 Å². The van der Waals surface area contributed by atoms with Gasteiger partial charge in [0.1, 0.15) is 6.04 Å². The second-order valence-corrected chi connectivity index (χ2v) is 7.53. The third-order valence-electron chi connectivity index (χ3n) is 5.26. The third kappa shape index (κ3) is 4.54. The average Bonchev–Trinajstić information content (AvgIpc) is 2.69. The van der Waals surface area contributed by atoms with Crippen LogP contribution in [0.3, 0.4) is 0 Å². The van der Waals surface area contributed by atoms with Gasteiger partial charge < -0.3 is 9.84 Å². The number of benzene rings is 2. The molecule has 0 saturated carbocycles. The SMILES string of the molecule is COc1ccc(C(c2ccc(Cl)c(C(F)(F)F)c2)N2CCCCC2C(=O)O)cc1F. The molecule has 1 heterocycles. The van der Waals surface area contributed by atoms with Gasteiger partial charge in [0.2, 0.25) is 0 Å². The number of halogens is 5. The van der Waals surface area contributed by atoms with Gasteiger partial charge in [-0.3, -0.25) is 9.69 Å². The van der Waals surface area contributed by atoms with Gasteiger partial charge in [-0.25, -0.2) is 4.39 Å². The number of hydrogen-bond acceptors (Lipinski definition) is 3. The number of aliphatic carboxylic acids is 1. The number of rotatable bonds is 5. The number of carboxylic acids is 1. The highest BCUT2D eigenvalue weighted by Gasteiger charge is 2.38. The lowest BCUT2D eigenvalue weighted by Crippen LogP contribution is -2.46. The maximum atomic E-state index is 14.4. The van der Waals surface area contributed by atoms with Crippen molar-refractivity contribution in [2.75, 3.05) is 13.7 Å². The second kappa shape index (κ2) is 8.81. The van der Waals surface area contributed by atoms with Gasteiger partial charge in [0, 0.05) is 0 Å². The molecule has 0 radical (unpaired) electrons. The van der Waals surface area contributed by atoms with Crippen molar-refractivity contribution in [3.8, 4) is 5.75 Å². The molecule has 2 unspecified atom stereocenters. The molecule has 0 aliphatic carbocycles. The Labute approximate surface area is 176 Å². The van der Waals surface area contributed by atoms with Gasteiger partial charge in [0.15, 0.2) is 11.6 Å². The highest BCUT2D eigenvalue weighted by atomic mass is 35.5. The van der Waals surface area contributed by atoms with Crippen LogP contribution in [0.2, 0.25) is 5.02 Å². The molecule has 0 aromatic heterocycles. The predicted molar refractivity (Wildman–Crippen MR) is 103 cm³/mol. The van der Waals surface area contributed by atoms with E-state index in [2.05, 4.69) is 0 Å². The molecule has 4 nitrogen and oxygen atoms in total. The van der Waals surface area contributed by atoms with Crippen molar-refractivity contribution in [2.45, 2.75) is 37.5 Å². The van der Waals surface area contributed by atoms with Gasteiger partial charge in [0.05, 0.1) is 23.7 Å². The Balaban J connectivity index is 2.17. The molecule has 2 atom stereocenters. The lowest BCUT2D eigenvalue weighted by molar-refractivity contribution is -0.145. The van der Waals surface area contributed by atoms with Crippen LogP contribution in [0, 0.1) is 5.82 Å². The maximum Gasteiger partial charge on any atom is 0.417 e. The topological polar surface area (TPSA) is 49.8 Å². The van der Waals surface area contributed by atoms with Crippen LogP contribution in [-0.2, 0) is 11.0 Å². The minimum Gasteiger partial charge on any atom is -0.494 e. The summed E-state index contributed by atoms with van der Waals surface area (Å²) in [7, 11) is 1.30. The molecule has 0 bridgehead atoms. The Kier molecular flexibility index (Phi) is 6.57. The highest BCUT2D eigenvalue weighted by molar-refractivity contribution is 6.31. The van der Waals surface area contributed by atoms with E-state index >= 15 is 0 Å². The van der Waals surface area contributed by atoms with Crippen LogP contribution >= 0.6 is 11.6 Å². The second-order valence-electron chi connectivity index (χ2n) is 7.12. The van der Waals surface area contributed by atoms with E-state index in [9.17, 15) is 27.5 Å². The number of piperidine rings is 1. The molecular formula is C21H20ClF4NO3. The minimum absolute atomic E-state index is 0.0157. The molecule has 3 rings (SSSR count). The lowest BCUT2D eigenvalue weighted by atomic mass is 9.90. The Morgan fingerprint density at radius 3 is 2.47 bits per heavy atom. The van der Waals surface area contributed by atoms with Crippen molar-refractivity contribution >= 4 is 17.6 Å². The van der Waals surface area contributed by atoms with Crippen molar-refractivity contribution in [2.24, 2.45) is 0 Å². The number of nitrogens with zero attached hydrogens (tertiary/aromatic N) is 1. The van der Waals surface area contributed by atoms with Crippen LogP contribution in [0.4, 0.5) is 17.6 Å². The summed E-state index contributed by atoms with van der Waals surface area (Å²) in [5, 5.41) is 9.22. The number of likely N-dealkylation sites (tertiary alicyclic amines) is 1. The van der Waals surface area contributed by atoms with Crippen molar-refractivity contribution in [1.29, 1.82) is 0 Å². The van der Waals surface area contributed by atoms with Gasteiger partial charge in [-0.2, -0.15) is 13.2 Å². The summed E-state index contributed by atoms with van der Waals surface area (Å²) in [6.07, 6.45) is -2.97. The van der Waals surface area contributed by atoms with E-state index in [0.29, 0.717) is 31.4 Å². The number of alkyl halides is 3. The summed E-state index contributed by atoms with van der Waals surface area (Å²) < 4.78 is 59.6. The molecule has 1 saturated heterocycles. The molecule has 1 fully saturated rings. The Hall–Kier alpha value is -2.32. The first-order valence-electron chi connectivity index (χ1n) is 9.32. The molecule has 2 aromatic rings. The van der Waals surface area contributed by atoms with E-state index in [1.807, 2.05) is 0 Å². The largest absolute Gasteiger partial charge is 0.494 e. The van der Waals surface area contributed by atoms with Crippen molar-refractivity contribution < 1.29 is 32.2 Å². The number of methoxy groups -OCH3 is 1. The molecule has 1 aliphatic heterocycles. The van der Waals surface area contributed by atoms with Crippen LogP contribution < -0.4 is 4.74 Å². The molecule has 9 heteroatoms. The fourth-order valence-electron chi connectivity index (χ4n) is 3.89. The summed E-state index contributed by atoms with van der Waals surface area (Å²) in [6, 6.07) is 5.72. The van der Waals surface area contributed by atoms with Crippen LogP contribution in [0.1, 0.15) is 42.0 Å². The minimum atomic E-state index is -4.68. The zero-order valence-corrected chi connectivity index (χ0v) is 16.8. The third-order valence-corrected chi connectivity index (χ3v) is 5.59. The molecule has 1 N–H and O–H groups in total. The van der Waals surface area contributed by atoms with Crippen molar-refractivity contribution in [3.63, 3.8) is 0 Å². The molecule has 0 spiro atoms. The molecule has 0 amide bonds. The number of ether oxygens (including phenoxy) is 1. The predicted octanol–water partition coefficient (Wildman–Crippen LogP) is 5.54. The van der Waals surface area contributed by atoms with E-state index in [0.717, 1.165) is 12.1 Å². The number of hydrogen-bond donors (Lipinski definition) is 1. The summed E-state index contributed by atoms with van der Waals surface area (Å²) in [5.41, 5.74) is -0.508. The zero-order chi connectivity index (χ0) is 22.1. The monoisotopic (exact) mass is 445 g/mol. The highest BCUT2D eigenvalue weighted by Crippen LogP contribution is 2.40. The van der Waals surface area contributed by atoms with E-state index in [1.165, 1.54) is 31.4 Å². The molecule has 30 heavy (non-hydrogen) atoms. The van der Waals surface area contributed by atoms with Gasteiger partial charge >= 0.3 is 12.1 Å². The van der Waals surface area contributed by atoms with Gasteiger partial charge in [-0.1, -0.05) is 30.2 Å². The Bertz CT molecular complexity index is 935.